The Hall–Kier alpha value is -0.850. The SMILES string of the molecule is C=CCCCC(NN)c1cc(C(F)(F)F)ccc1Br. The van der Waals surface area contributed by atoms with E-state index in [2.05, 4.69) is 27.9 Å². The Morgan fingerprint density at radius 3 is 2.63 bits per heavy atom. The van der Waals surface area contributed by atoms with Crippen LogP contribution >= 0.6 is 15.9 Å². The summed E-state index contributed by atoms with van der Waals surface area (Å²) in [5.74, 6) is 5.44. The summed E-state index contributed by atoms with van der Waals surface area (Å²) in [6, 6.07) is 3.25. The molecule has 2 nitrogen and oxygen atoms in total. The molecule has 0 aliphatic heterocycles. The molecule has 0 bridgehead atoms. The summed E-state index contributed by atoms with van der Waals surface area (Å²) in [6.07, 6.45) is -0.331. The van der Waals surface area contributed by atoms with Crippen molar-refractivity contribution in [3.05, 3.63) is 46.5 Å². The highest BCUT2D eigenvalue weighted by Crippen LogP contribution is 2.34. The second-order valence-corrected chi connectivity index (χ2v) is 5.03. The van der Waals surface area contributed by atoms with Gasteiger partial charge < -0.3 is 0 Å². The minimum Gasteiger partial charge on any atom is -0.271 e. The van der Waals surface area contributed by atoms with Gasteiger partial charge in [0.05, 0.1) is 5.56 Å². The number of halogens is 4. The zero-order valence-electron chi connectivity index (χ0n) is 10.3. The van der Waals surface area contributed by atoms with Crippen LogP contribution in [-0.2, 0) is 6.18 Å². The van der Waals surface area contributed by atoms with Crippen LogP contribution in [0.3, 0.4) is 0 Å². The molecule has 1 rings (SSSR count). The summed E-state index contributed by atoms with van der Waals surface area (Å²) < 4.78 is 38.7. The normalized spacial score (nSPS) is 13.3. The van der Waals surface area contributed by atoms with E-state index in [1.54, 1.807) is 6.08 Å². The zero-order chi connectivity index (χ0) is 14.5. The summed E-state index contributed by atoms with van der Waals surface area (Å²) in [7, 11) is 0. The molecule has 106 valence electrons. The second-order valence-electron chi connectivity index (χ2n) is 4.17. The number of unbranched alkanes of at least 4 members (excludes halogenated alkanes) is 1. The van der Waals surface area contributed by atoms with Crippen molar-refractivity contribution in [3.63, 3.8) is 0 Å². The first kappa shape index (κ1) is 16.2. The molecule has 1 atom stereocenters. The molecule has 6 heteroatoms. The number of allylic oxidation sites excluding steroid dienone is 1. The standard InChI is InChI=1S/C13H16BrF3N2/c1-2-3-4-5-12(19-18)10-8-9(13(15,16)17)6-7-11(10)14/h2,6-8,12,19H,1,3-5,18H2. The summed E-state index contributed by atoms with van der Waals surface area (Å²) in [5, 5.41) is 0. The maximum atomic E-state index is 12.7. The molecule has 1 unspecified atom stereocenters. The monoisotopic (exact) mass is 336 g/mol. The van der Waals surface area contributed by atoms with Crippen molar-refractivity contribution in [2.75, 3.05) is 0 Å². The molecule has 0 spiro atoms. The number of rotatable bonds is 6. The van der Waals surface area contributed by atoms with E-state index in [0.717, 1.165) is 25.0 Å². The third-order valence-corrected chi connectivity index (χ3v) is 3.52. The van der Waals surface area contributed by atoms with Crippen molar-refractivity contribution in [1.29, 1.82) is 0 Å². The summed E-state index contributed by atoms with van der Waals surface area (Å²) >= 11 is 3.26. The average molecular weight is 337 g/mol. The topological polar surface area (TPSA) is 38.0 Å². The van der Waals surface area contributed by atoms with Gasteiger partial charge in [-0.15, -0.1) is 6.58 Å². The number of nitrogens with one attached hydrogen (secondary N) is 1. The maximum absolute atomic E-state index is 12.7. The van der Waals surface area contributed by atoms with Gasteiger partial charge in [0.1, 0.15) is 0 Å². The lowest BCUT2D eigenvalue weighted by Gasteiger charge is -2.19. The Morgan fingerprint density at radius 1 is 1.42 bits per heavy atom. The fourth-order valence-electron chi connectivity index (χ4n) is 1.78. The fraction of sp³-hybridized carbons (Fsp3) is 0.385. The van der Waals surface area contributed by atoms with E-state index in [0.29, 0.717) is 16.5 Å². The number of benzene rings is 1. The number of hydrazine groups is 1. The number of nitrogens with two attached hydrogens (primary N) is 1. The third-order valence-electron chi connectivity index (χ3n) is 2.80. The highest BCUT2D eigenvalue weighted by molar-refractivity contribution is 9.10. The first-order chi connectivity index (χ1) is 8.90. The Kier molecular flexibility index (Phi) is 6.03. The predicted octanol–water partition coefficient (Wildman–Crippen LogP) is 4.33. The van der Waals surface area contributed by atoms with Crippen LogP contribution in [0.5, 0.6) is 0 Å². The maximum Gasteiger partial charge on any atom is 0.416 e. The van der Waals surface area contributed by atoms with E-state index in [4.69, 9.17) is 5.84 Å². The highest BCUT2D eigenvalue weighted by Gasteiger charge is 2.31. The Bertz CT molecular complexity index is 432. The van der Waals surface area contributed by atoms with E-state index in [1.165, 1.54) is 6.07 Å². The van der Waals surface area contributed by atoms with Crippen LogP contribution in [0.1, 0.15) is 36.4 Å². The molecule has 1 aromatic rings. The van der Waals surface area contributed by atoms with Gasteiger partial charge in [-0.1, -0.05) is 22.0 Å². The van der Waals surface area contributed by atoms with Crippen molar-refractivity contribution in [1.82, 2.24) is 5.43 Å². The molecule has 0 radical (unpaired) electrons. The molecule has 1 aromatic carbocycles. The lowest BCUT2D eigenvalue weighted by Crippen LogP contribution is -2.28. The van der Waals surface area contributed by atoms with Gasteiger partial charge in [0.25, 0.3) is 0 Å². The summed E-state index contributed by atoms with van der Waals surface area (Å²) in [4.78, 5) is 0. The van der Waals surface area contributed by atoms with Crippen LogP contribution in [0.15, 0.2) is 35.3 Å². The van der Waals surface area contributed by atoms with Crippen molar-refractivity contribution < 1.29 is 13.2 Å². The van der Waals surface area contributed by atoms with Crippen LogP contribution < -0.4 is 11.3 Å². The smallest absolute Gasteiger partial charge is 0.271 e. The zero-order valence-corrected chi connectivity index (χ0v) is 11.9. The number of hydrogen-bond acceptors (Lipinski definition) is 2. The lowest BCUT2D eigenvalue weighted by atomic mass is 9.99. The van der Waals surface area contributed by atoms with Crippen molar-refractivity contribution in [2.24, 2.45) is 5.84 Å². The molecule has 0 aromatic heterocycles. The predicted molar refractivity (Wildman–Crippen MR) is 73.3 cm³/mol. The van der Waals surface area contributed by atoms with Gasteiger partial charge in [0, 0.05) is 10.5 Å². The van der Waals surface area contributed by atoms with Crippen LogP contribution in [0, 0.1) is 0 Å². The quantitative estimate of drug-likeness (QED) is 0.351. The molecule has 0 saturated carbocycles. The van der Waals surface area contributed by atoms with E-state index in [9.17, 15) is 13.2 Å². The van der Waals surface area contributed by atoms with Gasteiger partial charge in [-0.2, -0.15) is 13.2 Å². The molecule has 0 amide bonds. The molecular formula is C13H16BrF3N2. The van der Waals surface area contributed by atoms with E-state index in [-0.39, 0.29) is 6.04 Å². The number of hydrogen-bond donors (Lipinski definition) is 2. The summed E-state index contributed by atoms with van der Waals surface area (Å²) in [6.45, 7) is 3.61. The molecule has 0 aliphatic rings. The van der Waals surface area contributed by atoms with Gasteiger partial charge in [0.15, 0.2) is 0 Å². The molecule has 0 saturated heterocycles. The van der Waals surface area contributed by atoms with Gasteiger partial charge >= 0.3 is 6.18 Å². The van der Waals surface area contributed by atoms with E-state index in [1.807, 2.05) is 0 Å². The average Bonchev–Trinajstić information content (AvgIpc) is 2.34. The van der Waals surface area contributed by atoms with Crippen LogP contribution in [0.25, 0.3) is 0 Å². The number of alkyl halides is 3. The van der Waals surface area contributed by atoms with Crippen molar-refractivity contribution in [3.8, 4) is 0 Å². The minimum atomic E-state index is -4.35. The first-order valence-electron chi connectivity index (χ1n) is 5.83. The molecular weight excluding hydrogens is 321 g/mol. The van der Waals surface area contributed by atoms with Gasteiger partial charge in [-0.05, 0) is 43.0 Å². The fourth-order valence-corrected chi connectivity index (χ4v) is 2.30. The van der Waals surface area contributed by atoms with Gasteiger partial charge in [-0.3, -0.25) is 11.3 Å². The summed E-state index contributed by atoms with van der Waals surface area (Å²) in [5.41, 5.74) is 2.41. The van der Waals surface area contributed by atoms with Crippen LogP contribution in [-0.4, -0.2) is 0 Å². The highest BCUT2D eigenvalue weighted by atomic mass is 79.9. The molecule has 0 heterocycles. The lowest BCUT2D eigenvalue weighted by molar-refractivity contribution is -0.137. The van der Waals surface area contributed by atoms with Crippen molar-refractivity contribution in [2.45, 2.75) is 31.5 Å². The Labute approximate surface area is 119 Å². The van der Waals surface area contributed by atoms with E-state index >= 15 is 0 Å². The molecule has 0 fully saturated rings. The molecule has 19 heavy (non-hydrogen) atoms. The van der Waals surface area contributed by atoms with Gasteiger partial charge in [-0.25, -0.2) is 0 Å². The van der Waals surface area contributed by atoms with Crippen molar-refractivity contribution >= 4 is 15.9 Å². The first-order valence-corrected chi connectivity index (χ1v) is 6.63. The largest absolute Gasteiger partial charge is 0.416 e. The minimum absolute atomic E-state index is 0.323. The second kappa shape index (κ2) is 7.07. The van der Waals surface area contributed by atoms with Crippen LogP contribution in [0.2, 0.25) is 0 Å². The van der Waals surface area contributed by atoms with Gasteiger partial charge in [0.2, 0.25) is 0 Å². The van der Waals surface area contributed by atoms with E-state index < -0.39 is 11.7 Å². The molecule has 0 aliphatic carbocycles. The molecule has 3 N–H and O–H groups in total. The Morgan fingerprint density at radius 2 is 2.11 bits per heavy atom. The third kappa shape index (κ3) is 4.63. The Balaban J connectivity index is 2.98. The van der Waals surface area contributed by atoms with Crippen LogP contribution in [0.4, 0.5) is 13.2 Å².